The molecule has 1 N–H and O–H groups in total. The predicted molar refractivity (Wildman–Crippen MR) is 64.7 cm³/mol. The molecule has 4 nitrogen and oxygen atoms in total. The molecule has 2 aliphatic carbocycles. The van der Waals surface area contributed by atoms with E-state index in [9.17, 15) is 9.90 Å². The molecule has 100 valence electrons. The van der Waals surface area contributed by atoms with Crippen molar-refractivity contribution in [3.63, 3.8) is 0 Å². The number of aliphatic hydroxyl groups is 1. The first-order chi connectivity index (χ1) is 8.74. The molecule has 1 heterocycles. The number of aliphatic hydroxyl groups excluding tert-OH is 1. The third-order valence-electron chi connectivity index (χ3n) is 4.23. The Bertz CT molecular complexity index is 357. The summed E-state index contributed by atoms with van der Waals surface area (Å²) in [4.78, 5) is 11.9. The van der Waals surface area contributed by atoms with Gasteiger partial charge in [0, 0.05) is 11.5 Å². The SMILES string of the molecule is O=C(OC(O)C1CCCCC1)C1=CC2OC2CC1. The second kappa shape index (κ2) is 5.02. The highest BCUT2D eigenvalue weighted by Crippen LogP contribution is 2.35. The molecule has 0 aromatic heterocycles. The molecule has 3 unspecified atom stereocenters. The zero-order chi connectivity index (χ0) is 12.5. The van der Waals surface area contributed by atoms with Crippen LogP contribution in [0.1, 0.15) is 44.9 Å². The lowest BCUT2D eigenvalue weighted by Crippen LogP contribution is -2.29. The van der Waals surface area contributed by atoms with Gasteiger partial charge in [0.25, 0.3) is 0 Å². The summed E-state index contributed by atoms with van der Waals surface area (Å²) in [6, 6.07) is 0. The van der Waals surface area contributed by atoms with E-state index in [4.69, 9.17) is 9.47 Å². The molecular weight excluding hydrogens is 232 g/mol. The molecule has 3 atom stereocenters. The Labute approximate surface area is 107 Å². The number of fused-ring (bicyclic) bond motifs is 1. The van der Waals surface area contributed by atoms with Gasteiger partial charge in [-0.25, -0.2) is 4.79 Å². The van der Waals surface area contributed by atoms with Gasteiger partial charge in [-0.05, 0) is 31.8 Å². The summed E-state index contributed by atoms with van der Waals surface area (Å²) >= 11 is 0. The van der Waals surface area contributed by atoms with Gasteiger partial charge in [-0.3, -0.25) is 0 Å². The summed E-state index contributed by atoms with van der Waals surface area (Å²) in [5.74, 6) is -0.237. The first kappa shape index (κ1) is 12.2. The van der Waals surface area contributed by atoms with Crippen molar-refractivity contribution in [3.8, 4) is 0 Å². The number of hydrogen-bond donors (Lipinski definition) is 1. The van der Waals surface area contributed by atoms with E-state index in [0.29, 0.717) is 18.1 Å². The van der Waals surface area contributed by atoms with Gasteiger partial charge >= 0.3 is 5.97 Å². The topological polar surface area (TPSA) is 59.1 Å². The number of hydrogen-bond acceptors (Lipinski definition) is 4. The van der Waals surface area contributed by atoms with Crippen LogP contribution in [0, 0.1) is 5.92 Å². The molecule has 18 heavy (non-hydrogen) atoms. The van der Waals surface area contributed by atoms with E-state index in [1.807, 2.05) is 6.08 Å². The lowest BCUT2D eigenvalue weighted by molar-refractivity contribution is -0.174. The van der Waals surface area contributed by atoms with Crippen LogP contribution in [0.3, 0.4) is 0 Å². The smallest absolute Gasteiger partial charge is 0.336 e. The molecule has 0 bridgehead atoms. The van der Waals surface area contributed by atoms with E-state index >= 15 is 0 Å². The Morgan fingerprint density at radius 2 is 2.11 bits per heavy atom. The van der Waals surface area contributed by atoms with Gasteiger partial charge < -0.3 is 14.6 Å². The first-order valence-corrected chi connectivity index (χ1v) is 6.99. The van der Waals surface area contributed by atoms with Crippen LogP contribution < -0.4 is 0 Å². The van der Waals surface area contributed by atoms with Gasteiger partial charge in [-0.1, -0.05) is 19.3 Å². The highest BCUT2D eigenvalue weighted by Gasteiger charge is 2.41. The van der Waals surface area contributed by atoms with Crippen molar-refractivity contribution in [3.05, 3.63) is 11.6 Å². The van der Waals surface area contributed by atoms with Crippen LogP contribution in [0.15, 0.2) is 11.6 Å². The van der Waals surface area contributed by atoms with Crippen LogP contribution >= 0.6 is 0 Å². The normalized spacial score (nSPS) is 33.3. The number of carbonyl (C=O) groups is 1. The molecule has 1 saturated heterocycles. The fourth-order valence-corrected chi connectivity index (χ4v) is 2.99. The van der Waals surface area contributed by atoms with Crippen molar-refractivity contribution >= 4 is 5.97 Å². The Balaban J connectivity index is 1.53. The first-order valence-electron chi connectivity index (χ1n) is 6.99. The largest absolute Gasteiger partial charge is 0.432 e. The van der Waals surface area contributed by atoms with E-state index < -0.39 is 6.29 Å². The van der Waals surface area contributed by atoms with Crippen molar-refractivity contribution in [1.29, 1.82) is 0 Å². The molecule has 4 heteroatoms. The highest BCUT2D eigenvalue weighted by atomic mass is 16.6. The summed E-state index contributed by atoms with van der Waals surface area (Å²) in [7, 11) is 0. The summed E-state index contributed by atoms with van der Waals surface area (Å²) in [5, 5.41) is 9.95. The quantitative estimate of drug-likeness (QED) is 0.473. The van der Waals surface area contributed by atoms with E-state index in [0.717, 1.165) is 32.1 Å². The number of epoxide rings is 1. The fraction of sp³-hybridized carbons (Fsp3) is 0.786. The maximum absolute atomic E-state index is 11.9. The maximum Gasteiger partial charge on any atom is 0.336 e. The van der Waals surface area contributed by atoms with Crippen molar-refractivity contribution in [2.24, 2.45) is 5.92 Å². The minimum atomic E-state index is -0.934. The number of carbonyl (C=O) groups excluding carboxylic acids is 1. The molecule has 3 aliphatic rings. The second-order valence-electron chi connectivity index (χ2n) is 5.56. The monoisotopic (exact) mass is 252 g/mol. The minimum absolute atomic E-state index is 0.119. The summed E-state index contributed by atoms with van der Waals surface area (Å²) in [6.45, 7) is 0. The van der Waals surface area contributed by atoms with Gasteiger partial charge in [-0.15, -0.1) is 0 Å². The van der Waals surface area contributed by atoms with Crippen LogP contribution in [-0.4, -0.2) is 29.6 Å². The summed E-state index contributed by atoms with van der Waals surface area (Å²) in [5.41, 5.74) is 0.670. The van der Waals surface area contributed by atoms with Crippen molar-refractivity contribution in [2.45, 2.75) is 63.4 Å². The van der Waals surface area contributed by atoms with Crippen molar-refractivity contribution in [2.75, 3.05) is 0 Å². The van der Waals surface area contributed by atoms with Crippen molar-refractivity contribution < 1.29 is 19.4 Å². The van der Waals surface area contributed by atoms with Crippen LogP contribution in [0.25, 0.3) is 0 Å². The fourth-order valence-electron chi connectivity index (χ4n) is 2.99. The average Bonchev–Trinajstić information content (AvgIpc) is 3.17. The molecule has 2 fully saturated rings. The van der Waals surface area contributed by atoms with Crippen LogP contribution in [-0.2, 0) is 14.3 Å². The lowest BCUT2D eigenvalue weighted by Gasteiger charge is -2.26. The van der Waals surface area contributed by atoms with Crippen LogP contribution in [0.4, 0.5) is 0 Å². The molecule has 0 spiro atoms. The Morgan fingerprint density at radius 3 is 2.83 bits per heavy atom. The third kappa shape index (κ3) is 2.59. The molecule has 1 saturated carbocycles. The van der Waals surface area contributed by atoms with E-state index in [1.54, 1.807) is 0 Å². The number of ether oxygens (including phenoxy) is 2. The Morgan fingerprint density at radius 1 is 1.33 bits per heavy atom. The van der Waals surface area contributed by atoms with Gasteiger partial charge in [0.05, 0.1) is 6.10 Å². The summed E-state index contributed by atoms with van der Waals surface area (Å²) in [6.07, 6.45) is 8.35. The average molecular weight is 252 g/mol. The molecule has 1 aliphatic heterocycles. The number of rotatable bonds is 3. The lowest BCUT2D eigenvalue weighted by atomic mass is 9.89. The molecule has 0 aromatic carbocycles. The van der Waals surface area contributed by atoms with Crippen LogP contribution in [0.2, 0.25) is 0 Å². The molecular formula is C14H20O4. The zero-order valence-electron chi connectivity index (χ0n) is 10.5. The predicted octanol–water partition coefficient (Wildman–Crippen LogP) is 1.92. The standard InChI is InChI=1S/C14H20O4/c15-13(9-4-2-1-3-5-9)18-14(16)10-6-7-11-12(8-10)17-11/h8-9,11-13,15H,1-7H2. The molecule has 0 aromatic rings. The van der Waals surface area contributed by atoms with Gasteiger partial charge in [0.15, 0.2) is 0 Å². The highest BCUT2D eigenvalue weighted by molar-refractivity contribution is 5.89. The van der Waals surface area contributed by atoms with Crippen molar-refractivity contribution in [1.82, 2.24) is 0 Å². The Hall–Kier alpha value is -0.870. The van der Waals surface area contributed by atoms with E-state index in [2.05, 4.69) is 0 Å². The van der Waals surface area contributed by atoms with E-state index in [1.165, 1.54) is 6.42 Å². The maximum atomic E-state index is 11.9. The van der Waals surface area contributed by atoms with E-state index in [-0.39, 0.29) is 18.0 Å². The zero-order valence-corrected chi connectivity index (χ0v) is 10.5. The third-order valence-corrected chi connectivity index (χ3v) is 4.23. The molecule has 3 rings (SSSR count). The minimum Gasteiger partial charge on any atom is -0.432 e. The van der Waals surface area contributed by atoms with Gasteiger partial charge in [0.1, 0.15) is 6.10 Å². The van der Waals surface area contributed by atoms with Gasteiger partial charge in [0.2, 0.25) is 6.29 Å². The summed E-state index contributed by atoms with van der Waals surface area (Å²) < 4.78 is 10.5. The Kier molecular flexibility index (Phi) is 3.39. The van der Waals surface area contributed by atoms with Crippen LogP contribution in [0.5, 0.6) is 0 Å². The molecule has 0 amide bonds. The second-order valence-corrected chi connectivity index (χ2v) is 5.56. The number of esters is 1. The van der Waals surface area contributed by atoms with Gasteiger partial charge in [-0.2, -0.15) is 0 Å². The molecule has 0 radical (unpaired) electrons.